The number of amides is 2. The van der Waals surface area contributed by atoms with Crippen molar-refractivity contribution in [2.45, 2.75) is 32.2 Å². The maximum atomic E-state index is 12.5. The molecule has 1 aromatic rings. The first-order valence-corrected chi connectivity index (χ1v) is 11.3. The Morgan fingerprint density at radius 1 is 1.27 bits per heavy atom. The Labute approximate surface area is 220 Å². The molecule has 1 heterocycles. The second-order valence-corrected chi connectivity index (χ2v) is 8.31. The van der Waals surface area contributed by atoms with E-state index in [1.165, 1.54) is 0 Å². The molecule has 4 N–H and O–H groups in total. The molecule has 1 fully saturated rings. The van der Waals surface area contributed by atoms with Gasteiger partial charge in [-0.3, -0.25) is 9.59 Å². The molecule has 1 atom stereocenters. The number of rotatable bonds is 11. The normalized spacial score (nSPS) is 16.5. The van der Waals surface area contributed by atoms with Crippen LogP contribution in [0.3, 0.4) is 0 Å². The van der Waals surface area contributed by atoms with E-state index < -0.39 is 0 Å². The van der Waals surface area contributed by atoms with Gasteiger partial charge >= 0.3 is 29.6 Å². The molecule has 0 aliphatic carbocycles. The van der Waals surface area contributed by atoms with E-state index in [0.29, 0.717) is 24.4 Å². The summed E-state index contributed by atoms with van der Waals surface area (Å²) in [4.78, 5) is 28.8. The molecule has 1 aliphatic rings. The Hall–Kier alpha value is -1.84. The minimum atomic E-state index is -0.278. The average molecular weight is 465 g/mol. The Morgan fingerprint density at radius 3 is 2.73 bits per heavy atom. The molecule has 8 nitrogen and oxygen atoms in total. The molecule has 176 valence electrons. The number of nitrogens with zero attached hydrogens (tertiary/aromatic N) is 2. The number of hydrogen-bond donors (Lipinski definition) is 3. The minimum absolute atomic E-state index is 0. The number of likely N-dealkylation sites (N-methyl/N-ethyl adjacent to an activating group) is 1. The molecule has 2 amide bonds. The van der Waals surface area contributed by atoms with E-state index in [9.17, 15) is 9.59 Å². The third-order valence-corrected chi connectivity index (χ3v) is 5.16. The Bertz CT molecular complexity index is 812. The average Bonchev–Trinajstić information content (AvgIpc) is 2.77. The summed E-state index contributed by atoms with van der Waals surface area (Å²) in [5, 5.41) is 9.52. The van der Waals surface area contributed by atoms with E-state index >= 15 is 0 Å². The summed E-state index contributed by atoms with van der Waals surface area (Å²) in [6.45, 7) is 5.39. The summed E-state index contributed by atoms with van der Waals surface area (Å²) >= 11 is 0. The smallest absolute Gasteiger partial charge is 0.705 e. The SMILES string of the molecule is CCCNC/C(=C\[NH-])C(=O)Nc1cccc(NC2CCCN(C(=O)/C=C/CN(C)C)C2)c1.[Na+]. The van der Waals surface area contributed by atoms with Crippen LogP contribution in [0.4, 0.5) is 11.4 Å². The summed E-state index contributed by atoms with van der Waals surface area (Å²) in [6.07, 6.45) is 7.55. The number of nitrogens with one attached hydrogen (secondary N) is 4. The predicted molar refractivity (Wildman–Crippen MR) is 132 cm³/mol. The van der Waals surface area contributed by atoms with E-state index in [1.807, 2.05) is 54.2 Å². The third-order valence-electron chi connectivity index (χ3n) is 5.16. The maximum Gasteiger partial charge on any atom is 1.00 e. The van der Waals surface area contributed by atoms with Crippen molar-refractivity contribution in [2.24, 2.45) is 0 Å². The van der Waals surface area contributed by atoms with Crippen LogP contribution in [0.5, 0.6) is 0 Å². The van der Waals surface area contributed by atoms with Gasteiger partial charge in [-0.25, -0.2) is 0 Å². The topological polar surface area (TPSA) is 101 Å². The van der Waals surface area contributed by atoms with Gasteiger partial charge in [-0.1, -0.05) is 19.1 Å². The van der Waals surface area contributed by atoms with Gasteiger partial charge in [0.25, 0.3) is 5.91 Å². The summed E-state index contributed by atoms with van der Waals surface area (Å²) in [5.74, 6) is -0.231. The van der Waals surface area contributed by atoms with E-state index in [4.69, 9.17) is 5.73 Å². The van der Waals surface area contributed by atoms with Crippen molar-refractivity contribution in [3.05, 3.63) is 53.9 Å². The fourth-order valence-electron chi connectivity index (χ4n) is 3.50. The second kappa shape index (κ2) is 15.9. The fraction of sp³-hybridized carbons (Fsp3) is 0.500. The molecule has 2 rings (SSSR count). The molecule has 1 aliphatic heterocycles. The van der Waals surface area contributed by atoms with Gasteiger partial charge < -0.3 is 31.5 Å². The van der Waals surface area contributed by atoms with Crippen molar-refractivity contribution in [3.63, 3.8) is 0 Å². The second-order valence-electron chi connectivity index (χ2n) is 8.31. The van der Waals surface area contributed by atoms with Gasteiger partial charge in [0.1, 0.15) is 0 Å². The van der Waals surface area contributed by atoms with Gasteiger partial charge in [0.2, 0.25) is 5.91 Å². The van der Waals surface area contributed by atoms with Gasteiger partial charge in [0.15, 0.2) is 0 Å². The summed E-state index contributed by atoms with van der Waals surface area (Å²) in [6, 6.07) is 7.71. The molecule has 9 heteroatoms. The van der Waals surface area contributed by atoms with Crippen LogP contribution in [0.2, 0.25) is 0 Å². The van der Waals surface area contributed by atoms with Crippen molar-refractivity contribution in [3.8, 4) is 0 Å². The van der Waals surface area contributed by atoms with Gasteiger partial charge in [0, 0.05) is 55.2 Å². The van der Waals surface area contributed by atoms with Crippen molar-refractivity contribution in [2.75, 3.05) is 57.5 Å². The molecule has 0 saturated carbocycles. The van der Waals surface area contributed by atoms with Gasteiger partial charge in [-0.2, -0.15) is 6.20 Å². The van der Waals surface area contributed by atoms with Crippen LogP contribution in [0.15, 0.2) is 48.2 Å². The van der Waals surface area contributed by atoms with Crippen LogP contribution in [0.25, 0.3) is 5.73 Å². The van der Waals surface area contributed by atoms with Gasteiger partial charge in [0.05, 0.1) is 0 Å². The number of likely N-dealkylation sites (tertiary alicyclic amines) is 1. The fourth-order valence-corrected chi connectivity index (χ4v) is 3.50. The van der Waals surface area contributed by atoms with Crippen LogP contribution in [0, 0.1) is 0 Å². The monoisotopic (exact) mass is 464 g/mol. The largest absolute Gasteiger partial charge is 1.00 e. The van der Waals surface area contributed by atoms with E-state index in [-0.39, 0.29) is 47.4 Å². The van der Waals surface area contributed by atoms with Crippen LogP contribution in [-0.4, -0.2) is 74.5 Å². The van der Waals surface area contributed by atoms with E-state index in [1.54, 1.807) is 6.08 Å². The van der Waals surface area contributed by atoms with Crippen molar-refractivity contribution in [1.82, 2.24) is 15.1 Å². The maximum absolute atomic E-state index is 12.5. The standard InChI is InChI=1S/C24H38N6O2.Na/c1-4-12-26-17-19(16-25)24(32)28-21-9-5-8-20(15-21)27-22-10-6-14-30(18-22)23(31)11-7-13-29(2)3;/h5,7-9,11,15-16,22,26-27H,4,6,10,12-14,17-18H2,1-3H3,(H3,25,28,32);/q;+1/p-1/b11-7+;. The molecule has 0 bridgehead atoms. The van der Waals surface area contributed by atoms with Crippen LogP contribution in [0.1, 0.15) is 26.2 Å². The molecular weight excluding hydrogens is 427 g/mol. The molecule has 1 unspecified atom stereocenters. The Kier molecular flexibility index (Phi) is 14.1. The summed E-state index contributed by atoms with van der Waals surface area (Å²) < 4.78 is 0. The molecule has 0 radical (unpaired) electrons. The molecule has 0 spiro atoms. The predicted octanol–water partition coefficient (Wildman–Crippen LogP) is 0.0855. The molecule has 1 aromatic carbocycles. The summed E-state index contributed by atoms with van der Waals surface area (Å²) in [5.41, 5.74) is 9.46. The molecule has 0 aromatic heterocycles. The number of hydrogen-bond acceptors (Lipinski definition) is 5. The number of carbonyl (C=O) groups excluding carboxylic acids is 2. The van der Waals surface area contributed by atoms with Crippen LogP contribution < -0.4 is 45.5 Å². The number of piperidine rings is 1. The Morgan fingerprint density at radius 2 is 2.03 bits per heavy atom. The van der Waals surface area contributed by atoms with Crippen molar-refractivity contribution >= 4 is 23.2 Å². The quantitative estimate of drug-likeness (QED) is 0.245. The summed E-state index contributed by atoms with van der Waals surface area (Å²) in [7, 11) is 3.94. The number of anilines is 2. The van der Waals surface area contributed by atoms with E-state index in [2.05, 4.69) is 22.9 Å². The first-order chi connectivity index (χ1) is 15.4. The molecule has 33 heavy (non-hydrogen) atoms. The van der Waals surface area contributed by atoms with Crippen LogP contribution >= 0.6 is 0 Å². The van der Waals surface area contributed by atoms with Crippen molar-refractivity contribution < 1.29 is 39.1 Å². The zero-order valence-corrected chi connectivity index (χ0v) is 22.5. The zero-order chi connectivity index (χ0) is 23.3. The number of benzene rings is 1. The Balaban J connectivity index is 0.00000544. The minimum Gasteiger partial charge on any atom is -0.705 e. The van der Waals surface area contributed by atoms with Gasteiger partial charge in [-0.15, -0.1) is 0 Å². The zero-order valence-electron chi connectivity index (χ0n) is 20.5. The first-order valence-electron chi connectivity index (χ1n) is 11.3. The molecular formula is C24H37N6NaO2. The van der Waals surface area contributed by atoms with Crippen LogP contribution in [-0.2, 0) is 9.59 Å². The van der Waals surface area contributed by atoms with E-state index in [0.717, 1.165) is 50.8 Å². The third kappa shape index (κ3) is 10.8. The molecule has 1 saturated heterocycles. The first kappa shape index (κ1) is 29.2. The van der Waals surface area contributed by atoms with Crippen molar-refractivity contribution in [1.29, 1.82) is 0 Å². The van der Waals surface area contributed by atoms with Gasteiger partial charge in [-0.05, 0) is 58.1 Å². The number of carbonyl (C=O) groups is 2.